The van der Waals surface area contributed by atoms with Crippen molar-refractivity contribution in [3.8, 4) is 28.2 Å². The van der Waals surface area contributed by atoms with Crippen molar-refractivity contribution in [3.63, 3.8) is 0 Å². The third-order valence-electron chi connectivity index (χ3n) is 10.6. The van der Waals surface area contributed by atoms with Crippen LogP contribution in [0.25, 0.3) is 93.6 Å². The van der Waals surface area contributed by atoms with Crippen LogP contribution < -0.4 is 0 Å². The van der Waals surface area contributed by atoms with E-state index in [0.717, 1.165) is 11.4 Å². The predicted molar refractivity (Wildman–Crippen MR) is 215 cm³/mol. The predicted octanol–water partition coefficient (Wildman–Crippen LogP) is 12.6. The summed E-state index contributed by atoms with van der Waals surface area (Å²) in [5.41, 5.74) is 13.1. The van der Waals surface area contributed by atoms with Crippen molar-refractivity contribution in [2.24, 2.45) is 0 Å². The lowest BCUT2D eigenvalue weighted by molar-refractivity contribution is 1.17. The Hall–Kier alpha value is -6.84. The molecule has 0 N–H and O–H groups in total. The molecule has 0 aliphatic heterocycles. The van der Waals surface area contributed by atoms with Crippen LogP contribution in [-0.4, -0.2) is 13.7 Å². The first kappa shape index (κ1) is 28.0. The zero-order valence-corrected chi connectivity index (χ0v) is 27.7. The van der Waals surface area contributed by atoms with Gasteiger partial charge >= 0.3 is 0 Å². The molecule has 3 aromatic heterocycles. The molecule has 0 saturated carbocycles. The molecule has 0 fully saturated rings. The Morgan fingerprint density at radius 2 is 0.627 bits per heavy atom. The maximum atomic E-state index is 2.43. The Morgan fingerprint density at radius 3 is 1.24 bits per heavy atom. The third kappa shape index (κ3) is 4.06. The van der Waals surface area contributed by atoms with Gasteiger partial charge in [-0.25, -0.2) is 0 Å². The van der Waals surface area contributed by atoms with Crippen molar-refractivity contribution in [1.29, 1.82) is 0 Å². The quantitative estimate of drug-likeness (QED) is 0.180. The fourth-order valence-corrected chi connectivity index (χ4v) is 8.46. The molecule has 0 unspecified atom stereocenters. The summed E-state index contributed by atoms with van der Waals surface area (Å²) < 4.78 is 7.24. The topological polar surface area (TPSA) is 14.8 Å². The van der Waals surface area contributed by atoms with Crippen LogP contribution in [0.2, 0.25) is 0 Å². The molecular formula is C48H31N3. The first-order valence-electron chi connectivity index (χ1n) is 17.5. The maximum Gasteiger partial charge on any atom is 0.0548 e. The lowest BCUT2D eigenvalue weighted by Crippen LogP contribution is -1.94. The average Bonchev–Trinajstić information content (AvgIpc) is 3.84. The second kappa shape index (κ2) is 10.8. The summed E-state index contributed by atoms with van der Waals surface area (Å²) in [4.78, 5) is 0. The molecule has 3 heteroatoms. The number of aromatic nitrogens is 3. The van der Waals surface area contributed by atoms with Gasteiger partial charge in [-0.2, -0.15) is 0 Å². The molecule has 11 rings (SSSR count). The van der Waals surface area contributed by atoms with Crippen molar-refractivity contribution in [1.82, 2.24) is 13.7 Å². The van der Waals surface area contributed by atoms with E-state index in [9.17, 15) is 0 Å². The van der Waals surface area contributed by atoms with Crippen LogP contribution in [0.3, 0.4) is 0 Å². The number of nitrogens with zero attached hydrogens (tertiary/aromatic N) is 3. The summed E-state index contributed by atoms with van der Waals surface area (Å²) in [6.07, 6.45) is 0. The highest BCUT2D eigenvalue weighted by atomic mass is 15.0. The van der Waals surface area contributed by atoms with E-state index in [-0.39, 0.29) is 0 Å². The Labute approximate surface area is 294 Å². The molecule has 0 saturated heterocycles. The standard InChI is InChI=1S/C48H31N3/c1-4-14-34(15-5-1)49-42-23-13-11-21-39(42)47-44(49)28-29-45-48(47)40-30-32(25-27-43(40)50(45)35-16-6-2-7-17-35)33-24-26-38-37-20-10-12-22-41(37)51(46(38)31-33)36-18-8-3-9-19-36/h1-31H. The number of rotatable bonds is 4. The van der Waals surface area contributed by atoms with Gasteiger partial charge in [0.1, 0.15) is 0 Å². The Morgan fingerprint density at radius 1 is 0.235 bits per heavy atom. The molecule has 0 aliphatic rings. The number of hydrogen-bond donors (Lipinski definition) is 0. The van der Waals surface area contributed by atoms with E-state index in [0.29, 0.717) is 0 Å². The van der Waals surface area contributed by atoms with Crippen molar-refractivity contribution < 1.29 is 0 Å². The second-order valence-electron chi connectivity index (χ2n) is 13.4. The van der Waals surface area contributed by atoms with Gasteiger partial charge in [0.05, 0.1) is 33.1 Å². The van der Waals surface area contributed by atoms with Crippen LogP contribution in [0.15, 0.2) is 188 Å². The van der Waals surface area contributed by atoms with Crippen LogP contribution in [0.5, 0.6) is 0 Å². The van der Waals surface area contributed by atoms with E-state index in [1.54, 1.807) is 0 Å². The number of hydrogen-bond acceptors (Lipinski definition) is 0. The first-order chi connectivity index (χ1) is 25.3. The van der Waals surface area contributed by atoms with E-state index in [4.69, 9.17) is 0 Å². The van der Waals surface area contributed by atoms with Crippen molar-refractivity contribution in [3.05, 3.63) is 188 Å². The molecule has 0 spiro atoms. The van der Waals surface area contributed by atoms with Gasteiger partial charge in [-0.15, -0.1) is 0 Å². The smallest absolute Gasteiger partial charge is 0.0548 e. The SMILES string of the molecule is c1ccc(-n2c3ccccc3c3ccc(-c4ccc5c(c4)c4c6c7ccccc7n(-c7ccccc7)c6ccc4n5-c4ccccc4)cc32)cc1. The Bertz CT molecular complexity index is 3110. The van der Waals surface area contributed by atoms with Crippen LogP contribution >= 0.6 is 0 Å². The molecule has 0 bridgehead atoms. The van der Waals surface area contributed by atoms with Crippen LogP contribution in [0, 0.1) is 0 Å². The highest BCUT2D eigenvalue weighted by Crippen LogP contribution is 2.44. The van der Waals surface area contributed by atoms with Gasteiger partial charge in [0.2, 0.25) is 0 Å². The van der Waals surface area contributed by atoms with Gasteiger partial charge < -0.3 is 13.7 Å². The normalized spacial score (nSPS) is 11.9. The number of para-hydroxylation sites is 5. The lowest BCUT2D eigenvalue weighted by Gasteiger charge is -2.10. The summed E-state index contributed by atoms with van der Waals surface area (Å²) in [7, 11) is 0. The number of benzene rings is 8. The molecule has 3 heterocycles. The maximum absolute atomic E-state index is 2.43. The molecule has 51 heavy (non-hydrogen) atoms. The largest absolute Gasteiger partial charge is 0.309 e. The molecule has 0 radical (unpaired) electrons. The summed E-state index contributed by atoms with van der Waals surface area (Å²) in [6, 6.07) is 68.4. The van der Waals surface area contributed by atoms with E-state index in [2.05, 4.69) is 202 Å². The second-order valence-corrected chi connectivity index (χ2v) is 13.4. The van der Waals surface area contributed by atoms with Gasteiger partial charge in [0.25, 0.3) is 0 Å². The highest BCUT2D eigenvalue weighted by molar-refractivity contribution is 6.29. The van der Waals surface area contributed by atoms with Gasteiger partial charge in [-0.1, -0.05) is 109 Å². The zero-order valence-electron chi connectivity index (χ0n) is 27.7. The summed E-state index contributed by atoms with van der Waals surface area (Å²) in [5.74, 6) is 0. The molecule has 0 amide bonds. The van der Waals surface area contributed by atoms with Crippen molar-refractivity contribution in [2.75, 3.05) is 0 Å². The average molecular weight is 650 g/mol. The van der Waals surface area contributed by atoms with E-state index in [1.807, 2.05) is 0 Å². The fraction of sp³-hybridized carbons (Fsp3) is 0. The van der Waals surface area contributed by atoms with E-state index in [1.165, 1.54) is 82.2 Å². The zero-order chi connectivity index (χ0) is 33.5. The lowest BCUT2D eigenvalue weighted by atomic mass is 9.99. The van der Waals surface area contributed by atoms with E-state index < -0.39 is 0 Å². The van der Waals surface area contributed by atoms with Crippen LogP contribution in [0.4, 0.5) is 0 Å². The number of fused-ring (bicyclic) bond motifs is 10. The van der Waals surface area contributed by atoms with Gasteiger partial charge in [-0.05, 0) is 90.0 Å². The van der Waals surface area contributed by atoms with Crippen molar-refractivity contribution in [2.45, 2.75) is 0 Å². The Kier molecular flexibility index (Phi) is 5.96. The molecule has 238 valence electrons. The third-order valence-corrected chi connectivity index (χ3v) is 10.6. The molecule has 11 aromatic rings. The minimum atomic E-state index is 1.16. The van der Waals surface area contributed by atoms with Crippen molar-refractivity contribution >= 4 is 65.4 Å². The molecule has 3 nitrogen and oxygen atoms in total. The Balaban J connectivity index is 1.24. The molecule has 8 aromatic carbocycles. The fourth-order valence-electron chi connectivity index (χ4n) is 8.46. The monoisotopic (exact) mass is 649 g/mol. The summed E-state index contributed by atoms with van der Waals surface area (Å²) in [6.45, 7) is 0. The molecule has 0 aliphatic carbocycles. The van der Waals surface area contributed by atoms with Gasteiger partial charge in [-0.3, -0.25) is 0 Å². The minimum Gasteiger partial charge on any atom is -0.309 e. The molecular weight excluding hydrogens is 619 g/mol. The highest BCUT2D eigenvalue weighted by Gasteiger charge is 2.21. The first-order valence-corrected chi connectivity index (χ1v) is 17.5. The minimum absolute atomic E-state index is 1.16. The summed E-state index contributed by atoms with van der Waals surface area (Å²) in [5, 5.41) is 7.59. The summed E-state index contributed by atoms with van der Waals surface area (Å²) >= 11 is 0. The van der Waals surface area contributed by atoms with E-state index >= 15 is 0 Å². The van der Waals surface area contributed by atoms with Crippen LogP contribution in [-0.2, 0) is 0 Å². The van der Waals surface area contributed by atoms with Gasteiger partial charge in [0, 0.05) is 49.4 Å². The van der Waals surface area contributed by atoms with Crippen LogP contribution in [0.1, 0.15) is 0 Å². The van der Waals surface area contributed by atoms with Gasteiger partial charge in [0.15, 0.2) is 0 Å². The molecule has 0 atom stereocenters.